The smallest absolute Gasteiger partial charge is 0.337 e. The highest BCUT2D eigenvalue weighted by Crippen LogP contribution is 2.32. The van der Waals surface area contributed by atoms with Crippen LogP contribution in [0.3, 0.4) is 0 Å². The summed E-state index contributed by atoms with van der Waals surface area (Å²) in [4.78, 5) is 49.8. The summed E-state index contributed by atoms with van der Waals surface area (Å²) in [6, 6.07) is 13.3. The molecule has 8 nitrogen and oxygen atoms in total. The molecule has 1 aliphatic heterocycles. The molecule has 0 aromatic heterocycles. The quantitative estimate of drug-likeness (QED) is 0.519. The average Bonchev–Trinajstić information content (AvgIpc) is 3.05. The van der Waals surface area contributed by atoms with Gasteiger partial charge in [0.15, 0.2) is 0 Å². The van der Waals surface area contributed by atoms with Crippen LogP contribution in [-0.2, 0) is 14.3 Å². The number of hydrogen-bond donors (Lipinski definition) is 1. The maximum absolute atomic E-state index is 12.6. The summed E-state index contributed by atoms with van der Waals surface area (Å²) >= 11 is 0.840. The number of benzene rings is 2. The van der Waals surface area contributed by atoms with Gasteiger partial charge >= 0.3 is 5.97 Å². The molecule has 0 saturated carbocycles. The largest absolute Gasteiger partial charge is 0.497 e. The Morgan fingerprint density at radius 2 is 1.71 bits per heavy atom. The number of ether oxygens (including phenoxy) is 2. The fraction of sp³-hybridized carbons (Fsp3) is 0.182. The van der Waals surface area contributed by atoms with Crippen molar-refractivity contribution >= 4 is 46.5 Å². The van der Waals surface area contributed by atoms with E-state index in [0.29, 0.717) is 21.9 Å². The predicted octanol–water partition coefficient (Wildman–Crippen LogP) is 3.55. The van der Waals surface area contributed by atoms with Crippen LogP contribution in [0.1, 0.15) is 22.3 Å². The van der Waals surface area contributed by atoms with E-state index in [1.165, 1.54) is 19.2 Å². The van der Waals surface area contributed by atoms with Crippen LogP contribution in [0.4, 0.5) is 10.5 Å². The molecule has 2 aromatic rings. The minimum Gasteiger partial charge on any atom is -0.497 e. The van der Waals surface area contributed by atoms with Gasteiger partial charge in [0.25, 0.3) is 11.1 Å². The average molecular weight is 440 g/mol. The molecular weight excluding hydrogens is 420 g/mol. The third kappa shape index (κ3) is 5.52. The molecule has 3 rings (SSSR count). The zero-order valence-corrected chi connectivity index (χ0v) is 17.7. The van der Waals surface area contributed by atoms with E-state index in [-0.39, 0.29) is 18.9 Å². The molecule has 1 aliphatic rings. The second kappa shape index (κ2) is 9.94. The van der Waals surface area contributed by atoms with Crippen LogP contribution in [0.5, 0.6) is 5.75 Å². The van der Waals surface area contributed by atoms with Gasteiger partial charge in [-0.2, -0.15) is 0 Å². The number of methoxy groups -OCH3 is 2. The number of imide groups is 1. The molecule has 0 aliphatic carbocycles. The van der Waals surface area contributed by atoms with E-state index >= 15 is 0 Å². The van der Waals surface area contributed by atoms with E-state index in [9.17, 15) is 19.2 Å². The van der Waals surface area contributed by atoms with Crippen LogP contribution in [-0.4, -0.2) is 48.7 Å². The van der Waals surface area contributed by atoms with Gasteiger partial charge < -0.3 is 14.8 Å². The molecule has 0 atom stereocenters. The molecule has 3 amide bonds. The van der Waals surface area contributed by atoms with Crippen molar-refractivity contribution in [3.05, 3.63) is 64.6 Å². The van der Waals surface area contributed by atoms with Gasteiger partial charge in [0.1, 0.15) is 5.75 Å². The number of hydrogen-bond acceptors (Lipinski definition) is 7. The fourth-order valence-electron chi connectivity index (χ4n) is 2.79. The van der Waals surface area contributed by atoms with Gasteiger partial charge in [0.2, 0.25) is 5.91 Å². The number of carbonyl (C=O) groups excluding carboxylic acids is 4. The Hall–Kier alpha value is -3.59. The lowest BCUT2D eigenvalue weighted by molar-refractivity contribution is -0.123. The molecule has 2 aromatic carbocycles. The molecule has 1 N–H and O–H groups in total. The Morgan fingerprint density at radius 1 is 1.03 bits per heavy atom. The number of esters is 1. The highest BCUT2D eigenvalue weighted by Gasteiger charge is 2.35. The predicted molar refractivity (Wildman–Crippen MR) is 117 cm³/mol. The molecule has 31 heavy (non-hydrogen) atoms. The van der Waals surface area contributed by atoms with Crippen molar-refractivity contribution in [1.82, 2.24) is 4.90 Å². The number of amides is 3. The molecule has 0 unspecified atom stereocenters. The number of anilines is 1. The van der Waals surface area contributed by atoms with Crippen LogP contribution in [0.25, 0.3) is 6.08 Å². The van der Waals surface area contributed by atoms with Crippen LogP contribution in [0.2, 0.25) is 0 Å². The Labute approximate surface area is 183 Å². The normalized spacial score (nSPS) is 14.6. The highest BCUT2D eigenvalue weighted by atomic mass is 32.2. The van der Waals surface area contributed by atoms with Crippen molar-refractivity contribution in [3.63, 3.8) is 0 Å². The first-order valence-corrected chi connectivity index (χ1v) is 10.1. The third-order valence-electron chi connectivity index (χ3n) is 4.44. The van der Waals surface area contributed by atoms with E-state index in [1.54, 1.807) is 49.6 Å². The van der Waals surface area contributed by atoms with Crippen LogP contribution < -0.4 is 10.1 Å². The Kier molecular flexibility index (Phi) is 7.09. The highest BCUT2D eigenvalue weighted by molar-refractivity contribution is 8.18. The second-order valence-electron chi connectivity index (χ2n) is 6.47. The van der Waals surface area contributed by atoms with Crippen molar-refractivity contribution in [1.29, 1.82) is 0 Å². The summed E-state index contributed by atoms with van der Waals surface area (Å²) in [6.07, 6.45) is 1.58. The summed E-state index contributed by atoms with van der Waals surface area (Å²) in [6.45, 7) is -0.0311. The molecule has 0 spiro atoms. The molecule has 9 heteroatoms. The molecule has 160 valence electrons. The summed E-state index contributed by atoms with van der Waals surface area (Å²) < 4.78 is 9.72. The zero-order valence-electron chi connectivity index (χ0n) is 16.9. The first-order valence-electron chi connectivity index (χ1n) is 9.29. The zero-order chi connectivity index (χ0) is 22.4. The van der Waals surface area contributed by atoms with E-state index in [0.717, 1.165) is 22.2 Å². The molecule has 1 fully saturated rings. The number of thioether (sulfide) groups is 1. The summed E-state index contributed by atoms with van der Waals surface area (Å²) in [5.74, 6) is -0.568. The lowest BCUT2D eigenvalue weighted by Crippen LogP contribution is -2.31. The van der Waals surface area contributed by atoms with Gasteiger partial charge in [-0.1, -0.05) is 12.1 Å². The standard InChI is InChI=1S/C22H20N2O6S/c1-29-17-9-3-14(4-10-17)13-18-20(26)24(22(28)31-18)12-11-19(25)23-16-7-5-15(6-8-16)21(27)30-2/h3-10,13H,11-12H2,1-2H3,(H,23,25)/b18-13-. The maximum atomic E-state index is 12.6. The SMILES string of the molecule is COC(=O)c1ccc(NC(=O)CCN2C(=O)S/C(=C\c3ccc(OC)cc3)C2=O)cc1. The minimum absolute atomic E-state index is 0.0311. The van der Waals surface area contributed by atoms with Gasteiger partial charge in [-0.3, -0.25) is 19.3 Å². The fourth-order valence-corrected chi connectivity index (χ4v) is 3.65. The van der Waals surface area contributed by atoms with E-state index in [1.807, 2.05) is 0 Å². The molecule has 0 radical (unpaired) electrons. The van der Waals surface area contributed by atoms with Gasteiger partial charge in [0.05, 0.1) is 24.7 Å². The summed E-state index contributed by atoms with van der Waals surface area (Å²) in [5.41, 5.74) is 1.62. The van der Waals surface area contributed by atoms with E-state index in [2.05, 4.69) is 10.1 Å². The molecular formula is C22H20N2O6S. The lowest BCUT2D eigenvalue weighted by atomic mass is 10.2. The van der Waals surface area contributed by atoms with Crippen molar-refractivity contribution < 1.29 is 28.7 Å². The Bertz CT molecular complexity index is 1030. The van der Waals surface area contributed by atoms with Crippen LogP contribution in [0, 0.1) is 0 Å². The van der Waals surface area contributed by atoms with Gasteiger partial charge in [-0.05, 0) is 59.8 Å². The van der Waals surface area contributed by atoms with E-state index in [4.69, 9.17) is 4.74 Å². The number of carbonyl (C=O) groups is 4. The summed E-state index contributed by atoms with van der Waals surface area (Å²) in [7, 11) is 2.85. The first-order chi connectivity index (χ1) is 14.9. The van der Waals surface area contributed by atoms with Crippen LogP contribution in [0.15, 0.2) is 53.4 Å². The van der Waals surface area contributed by atoms with Gasteiger partial charge in [0, 0.05) is 18.7 Å². The monoisotopic (exact) mass is 440 g/mol. The lowest BCUT2D eigenvalue weighted by Gasteiger charge is -2.12. The number of nitrogens with zero attached hydrogens (tertiary/aromatic N) is 1. The van der Waals surface area contributed by atoms with Gasteiger partial charge in [-0.25, -0.2) is 4.79 Å². The Balaban J connectivity index is 1.56. The number of nitrogens with one attached hydrogen (secondary N) is 1. The summed E-state index contributed by atoms with van der Waals surface area (Å²) in [5, 5.41) is 2.25. The Morgan fingerprint density at radius 3 is 2.32 bits per heavy atom. The number of rotatable bonds is 7. The topological polar surface area (TPSA) is 102 Å². The van der Waals surface area contributed by atoms with Crippen molar-refractivity contribution in [2.45, 2.75) is 6.42 Å². The van der Waals surface area contributed by atoms with Crippen molar-refractivity contribution in [2.24, 2.45) is 0 Å². The van der Waals surface area contributed by atoms with Crippen LogP contribution >= 0.6 is 11.8 Å². The third-order valence-corrected chi connectivity index (χ3v) is 5.35. The molecule has 1 saturated heterocycles. The maximum Gasteiger partial charge on any atom is 0.337 e. The first kappa shape index (κ1) is 22.1. The van der Waals surface area contributed by atoms with Crippen molar-refractivity contribution in [2.75, 3.05) is 26.1 Å². The second-order valence-corrected chi connectivity index (χ2v) is 7.47. The van der Waals surface area contributed by atoms with E-state index < -0.39 is 17.1 Å². The van der Waals surface area contributed by atoms with Crippen molar-refractivity contribution in [3.8, 4) is 5.75 Å². The molecule has 1 heterocycles. The molecule has 0 bridgehead atoms. The van der Waals surface area contributed by atoms with Gasteiger partial charge in [-0.15, -0.1) is 0 Å². The minimum atomic E-state index is -0.472.